The molecule has 0 aromatic heterocycles. The molecule has 21 heavy (non-hydrogen) atoms. The summed E-state index contributed by atoms with van der Waals surface area (Å²) in [6.45, 7) is 0.404. The van der Waals surface area contributed by atoms with E-state index in [0.29, 0.717) is 17.9 Å². The molecule has 0 radical (unpaired) electrons. The molecule has 8 heteroatoms. The number of hydrogen-bond acceptors (Lipinski definition) is 6. The first-order valence-electron chi connectivity index (χ1n) is 6.61. The van der Waals surface area contributed by atoms with Crippen molar-refractivity contribution in [3.8, 4) is 0 Å². The summed E-state index contributed by atoms with van der Waals surface area (Å²) in [4.78, 5) is 23.8. The van der Waals surface area contributed by atoms with E-state index in [2.05, 4.69) is 5.32 Å². The summed E-state index contributed by atoms with van der Waals surface area (Å²) in [5.41, 5.74) is 0.833. The second kappa shape index (κ2) is 6.51. The lowest BCUT2D eigenvalue weighted by molar-refractivity contribution is -0.384. The molecule has 1 heterocycles. The molecule has 1 amide bonds. The predicted molar refractivity (Wildman–Crippen MR) is 76.2 cm³/mol. The zero-order valence-electron chi connectivity index (χ0n) is 11.4. The van der Waals surface area contributed by atoms with E-state index in [1.165, 1.54) is 23.1 Å². The number of amides is 1. The minimum Gasteiger partial charge on any atom is -0.396 e. The Hall–Kier alpha value is -2.19. The van der Waals surface area contributed by atoms with Crippen LogP contribution in [0.25, 0.3) is 0 Å². The second-order valence-corrected chi connectivity index (χ2v) is 4.87. The molecule has 0 spiro atoms. The van der Waals surface area contributed by atoms with Gasteiger partial charge in [-0.05, 0) is 6.07 Å². The van der Waals surface area contributed by atoms with Gasteiger partial charge >= 0.3 is 0 Å². The van der Waals surface area contributed by atoms with Crippen LogP contribution in [0.5, 0.6) is 0 Å². The normalized spacial score (nSPS) is 18.1. The van der Waals surface area contributed by atoms with E-state index in [1.807, 2.05) is 0 Å². The Morgan fingerprint density at radius 2 is 2.19 bits per heavy atom. The van der Waals surface area contributed by atoms with Gasteiger partial charge in [-0.25, -0.2) is 0 Å². The van der Waals surface area contributed by atoms with E-state index in [4.69, 9.17) is 10.2 Å². The maximum Gasteiger partial charge on any atom is 0.271 e. The zero-order chi connectivity index (χ0) is 15.4. The van der Waals surface area contributed by atoms with Crippen molar-refractivity contribution in [2.24, 2.45) is 5.92 Å². The van der Waals surface area contributed by atoms with Gasteiger partial charge in [-0.15, -0.1) is 0 Å². The molecule has 1 unspecified atom stereocenters. The number of carbonyl (C=O) groups is 1. The summed E-state index contributed by atoms with van der Waals surface area (Å²) >= 11 is 0. The van der Waals surface area contributed by atoms with Crippen molar-refractivity contribution >= 4 is 23.0 Å². The summed E-state index contributed by atoms with van der Waals surface area (Å²) in [6, 6.07) is 4.19. The van der Waals surface area contributed by atoms with E-state index < -0.39 is 4.92 Å². The maximum absolute atomic E-state index is 12.0. The van der Waals surface area contributed by atoms with Crippen LogP contribution in [0.15, 0.2) is 18.2 Å². The fourth-order valence-electron chi connectivity index (χ4n) is 2.33. The van der Waals surface area contributed by atoms with E-state index in [0.717, 1.165) is 0 Å². The number of rotatable bonds is 6. The molecule has 1 aromatic rings. The number of anilines is 2. The molecule has 1 saturated heterocycles. The molecule has 114 valence electrons. The van der Waals surface area contributed by atoms with Crippen LogP contribution in [0.4, 0.5) is 17.1 Å². The lowest BCUT2D eigenvalue weighted by Gasteiger charge is -2.20. The summed E-state index contributed by atoms with van der Waals surface area (Å²) in [6.07, 6.45) is 0.221. The second-order valence-electron chi connectivity index (χ2n) is 4.87. The summed E-state index contributed by atoms with van der Waals surface area (Å²) in [5.74, 6) is -0.343. The molecule has 2 rings (SSSR count). The van der Waals surface area contributed by atoms with Crippen molar-refractivity contribution in [3.05, 3.63) is 28.3 Å². The molecule has 1 aliphatic rings. The van der Waals surface area contributed by atoms with Crippen LogP contribution in [0, 0.1) is 16.0 Å². The Bertz CT molecular complexity index is 549. The third-order valence-corrected chi connectivity index (χ3v) is 3.37. The number of aliphatic hydroxyl groups is 2. The van der Waals surface area contributed by atoms with Crippen molar-refractivity contribution in [1.29, 1.82) is 0 Å². The van der Waals surface area contributed by atoms with Gasteiger partial charge < -0.3 is 20.4 Å². The SMILES string of the molecule is O=C1CC(CO)CN1c1cc([N+](=O)[O-])ccc1NCCO. The first-order chi connectivity index (χ1) is 10.1. The van der Waals surface area contributed by atoms with Gasteiger partial charge in [0.15, 0.2) is 0 Å². The Morgan fingerprint density at radius 3 is 2.76 bits per heavy atom. The molecule has 1 fully saturated rings. The highest BCUT2D eigenvalue weighted by atomic mass is 16.6. The number of nitrogens with zero attached hydrogens (tertiary/aromatic N) is 2. The average molecular weight is 295 g/mol. The van der Waals surface area contributed by atoms with Gasteiger partial charge in [0.2, 0.25) is 5.91 Å². The van der Waals surface area contributed by atoms with Crippen LogP contribution < -0.4 is 10.2 Å². The number of benzene rings is 1. The summed E-state index contributed by atoms with van der Waals surface area (Å²) in [7, 11) is 0. The number of carbonyl (C=O) groups excluding carboxylic acids is 1. The van der Waals surface area contributed by atoms with Crippen LogP contribution in [0.1, 0.15) is 6.42 Å². The first-order valence-corrected chi connectivity index (χ1v) is 6.61. The van der Waals surface area contributed by atoms with Gasteiger partial charge in [0.25, 0.3) is 5.69 Å². The topological polar surface area (TPSA) is 116 Å². The van der Waals surface area contributed by atoms with Gasteiger partial charge in [0, 0.05) is 44.2 Å². The lowest BCUT2D eigenvalue weighted by Crippen LogP contribution is -2.26. The van der Waals surface area contributed by atoms with Crippen molar-refractivity contribution in [3.63, 3.8) is 0 Å². The largest absolute Gasteiger partial charge is 0.396 e. The minimum absolute atomic E-state index is 0.0936. The van der Waals surface area contributed by atoms with Crippen molar-refractivity contribution in [2.75, 3.05) is 36.5 Å². The van der Waals surface area contributed by atoms with Crippen molar-refractivity contribution in [2.45, 2.75) is 6.42 Å². The Kier molecular flexibility index (Phi) is 4.71. The van der Waals surface area contributed by atoms with Crippen LogP contribution in [-0.4, -0.2) is 47.3 Å². The van der Waals surface area contributed by atoms with E-state index in [-0.39, 0.29) is 43.7 Å². The monoisotopic (exact) mass is 295 g/mol. The van der Waals surface area contributed by atoms with Gasteiger partial charge in [0.1, 0.15) is 0 Å². The van der Waals surface area contributed by atoms with Gasteiger partial charge in [-0.3, -0.25) is 14.9 Å². The number of nitro benzene ring substituents is 1. The fourth-order valence-corrected chi connectivity index (χ4v) is 2.33. The molecule has 3 N–H and O–H groups in total. The Labute approximate surface area is 121 Å². The Balaban J connectivity index is 2.36. The predicted octanol–water partition coefficient (Wildman–Crippen LogP) is 0.344. The number of aliphatic hydroxyl groups excluding tert-OH is 2. The number of hydrogen-bond donors (Lipinski definition) is 3. The summed E-state index contributed by atoms with van der Waals surface area (Å²) in [5, 5.41) is 31.9. The fraction of sp³-hybridized carbons (Fsp3) is 0.462. The number of nitrogens with one attached hydrogen (secondary N) is 1. The van der Waals surface area contributed by atoms with Gasteiger partial charge in [0.05, 0.1) is 22.9 Å². The maximum atomic E-state index is 12.0. The van der Waals surface area contributed by atoms with Crippen LogP contribution >= 0.6 is 0 Å². The number of nitro groups is 1. The third kappa shape index (κ3) is 3.29. The number of non-ortho nitro benzene ring substituents is 1. The molecule has 0 bridgehead atoms. The molecule has 0 saturated carbocycles. The van der Waals surface area contributed by atoms with Gasteiger partial charge in [-0.1, -0.05) is 0 Å². The van der Waals surface area contributed by atoms with E-state index in [9.17, 15) is 14.9 Å². The molecule has 1 atom stereocenters. The lowest BCUT2D eigenvalue weighted by atomic mass is 10.1. The van der Waals surface area contributed by atoms with Crippen molar-refractivity contribution in [1.82, 2.24) is 0 Å². The van der Waals surface area contributed by atoms with Crippen LogP contribution in [-0.2, 0) is 4.79 Å². The quantitative estimate of drug-likeness (QED) is 0.515. The van der Waals surface area contributed by atoms with Gasteiger partial charge in [-0.2, -0.15) is 0 Å². The highest BCUT2D eigenvalue weighted by molar-refractivity contribution is 5.99. The molecular formula is C13H17N3O5. The average Bonchev–Trinajstić information content (AvgIpc) is 2.85. The van der Waals surface area contributed by atoms with Crippen molar-refractivity contribution < 1.29 is 19.9 Å². The smallest absolute Gasteiger partial charge is 0.271 e. The van der Waals surface area contributed by atoms with E-state index in [1.54, 1.807) is 0 Å². The van der Waals surface area contributed by atoms with Crippen LogP contribution in [0.2, 0.25) is 0 Å². The highest BCUT2D eigenvalue weighted by Gasteiger charge is 2.32. The summed E-state index contributed by atoms with van der Waals surface area (Å²) < 4.78 is 0. The molecule has 1 aromatic carbocycles. The molecule has 0 aliphatic carbocycles. The molecule has 1 aliphatic heterocycles. The van der Waals surface area contributed by atoms with Crippen LogP contribution in [0.3, 0.4) is 0 Å². The third-order valence-electron chi connectivity index (χ3n) is 3.37. The standard InChI is InChI=1S/C13H17N3O5/c17-4-3-14-11-2-1-10(16(20)21)6-12(11)15-7-9(8-18)5-13(15)19/h1-2,6,9,14,17-18H,3-5,7-8H2. The Morgan fingerprint density at radius 1 is 1.43 bits per heavy atom. The zero-order valence-corrected chi connectivity index (χ0v) is 11.4. The molecule has 8 nitrogen and oxygen atoms in total. The highest BCUT2D eigenvalue weighted by Crippen LogP contribution is 2.34. The minimum atomic E-state index is -0.524. The van der Waals surface area contributed by atoms with E-state index >= 15 is 0 Å². The first kappa shape index (κ1) is 15.2. The molecular weight excluding hydrogens is 278 g/mol.